The third-order valence-electron chi connectivity index (χ3n) is 2.85. The van der Waals surface area contributed by atoms with Gasteiger partial charge in [0.25, 0.3) is 0 Å². The number of halogens is 1. The van der Waals surface area contributed by atoms with E-state index in [0.29, 0.717) is 13.1 Å². The van der Waals surface area contributed by atoms with E-state index in [1.54, 1.807) is 0 Å². The molecule has 0 spiro atoms. The maximum atomic E-state index is 12.0. The molecule has 1 aliphatic rings. The standard InChI is InChI=1S/C11H13ClN2O4S/c12-10-4-3-8(7-9(10)11(15)16)13-19(17,18)14-5-1-2-6-14/h3-4,7,13H,1-2,5-6H2,(H,15,16). The summed E-state index contributed by atoms with van der Waals surface area (Å²) >= 11 is 5.72. The number of carboxylic acids is 1. The summed E-state index contributed by atoms with van der Waals surface area (Å²) in [7, 11) is -3.62. The normalized spacial score (nSPS) is 16.5. The Morgan fingerprint density at radius 3 is 2.53 bits per heavy atom. The lowest BCUT2D eigenvalue weighted by Gasteiger charge is -2.17. The van der Waals surface area contributed by atoms with Crippen LogP contribution >= 0.6 is 11.6 Å². The van der Waals surface area contributed by atoms with Crippen molar-refractivity contribution in [3.8, 4) is 0 Å². The third-order valence-corrected chi connectivity index (χ3v) is 4.72. The lowest BCUT2D eigenvalue weighted by Crippen LogP contribution is -2.33. The molecule has 1 aliphatic heterocycles. The zero-order chi connectivity index (χ0) is 14.0. The number of rotatable bonds is 4. The first-order valence-corrected chi connectivity index (χ1v) is 7.53. The minimum atomic E-state index is -3.62. The van der Waals surface area contributed by atoms with E-state index in [2.05, 4.69) is 4.72 Å². The molecule has 0 bridgehead atoms. The first-order valence-electron chi connectivity index (χ1n) is 5.71. The van der Waals surface area contributed by atoms with Crippen molar-refractivity contribution in [1.29, 1.82) is 0 Å². The molecule has 0 aromatic heterocycles. The van der Waals surface area contributed by atoms with E-state index < -0.39 is 16.2 Å². The predicted molar refractivity (Wildman–Crippen MR) is 71.8 cm³/mol. The highest BCUT2D eigenvalue weighted by molar-refractivity contribution is 7.90. The fourth-order valence-corrected chi connectivity index (χ4v) is 3.39. The molecule has 1 heterocycles. The van der Waals surface area contributed by atoms with Crippen LogP contribution < -0.4 is 4.72 Å². The van der Waals surface area contributed by atoms with Crippen LogP contribution in [0, 0.1) is 0 Å². The second-order valence-electron chi connectivity index (χ2n) is 4.21. The third kappa shape index (κ3) is 3.17. The summed E-state index contributed by atoms with van der Waals surface area (Å²) in [4.78, 5) is 10.9. The van der Waals surface area contributed by atoms with Crippen molar-refractivity contribution >= 4 is 33.5 Å². The van der Waals surface area contributed by atoms with Crippen LogP contribution in [0.3, 0.4) is 0 Å². The quantitative estimate of drug-likeness (QED) is 0.888. The highest BCUT2D eigenvalue weighted by atomic mass is 35.5. The van der Waals surface area contributed by atoms with Gasteiger partial charge in [0.05, 0.1) is 16.3 Å². The number of hydrogen-bond donors (Lipinski definition) is 2. The molecule has 1 fully saturated rings. The molecular formula is C11H13ClN2O4S. The fraction of sp³-hybridized carbons (Fsp3) is 0.364. The molecule has 6 nitrogen and oxygen atoms in total. The largest absolute Gasteiger partial charge is 0.478 e. The zero-order valence-corrected chi connectivity index (χ0v) is 11.5. The Hall–Kier alpha value is -1.31. The van der Waals surface area contributed by atoms with Gasteiger partial charge in [-0.05, 0) is 31.0 Å². The summed E-state index contributed by atoms with van der Waals surface area (Å²) in [6.07, 6.45) is 1.67. The van der Waals surface area contributed by atoms with Crippen molar-refractivity contribution in [2.75, 3.05) is 17.8 Å². The molecule has 0 amide bonds. The molecule has 0 unspecified atom stereocenters. The monoisotopic (exact) mass is 304 g/mol. The van der Waals surface area contributed by atoms with E-state index in [4.69, 9.17) is 16.7 Å². The molecule has 0 radical (unpaired) electrons. The van der Waals surface area contributed by atoms with Crippen molar-refractivity contribution in [3.63, 3.8) is 0 Å². The molecule has 1 saturated heterocycles. The van der Waals surface area contributed by atoms with E-state index in [0.717, 1.165) is 12.8 Å². The van der Waals surface area contributed by atoms with Gasteiger partial charge >= 0.3 is 16.2 Å². The minimum Gasteiger partial charge on any atom is -0.478 e. The average Bonchev–Trinajstić information content (AvgIpc) is 2.85. The molecule has 8 heteroatoms. The summed E-state index contributed by atoms with van der Waals surface area (Å²) in [5.41, 5.74) is 0.0528. The maximum Gasteiger partial charge on any atom is 0.337 e. The van der Waals surface area contributed by atoms with Gasteiger partial charge in [0.2, 0.25) is 0 Å². The van der Waals surface area contributed by atoms with E-state index in [9.17, 15) is 13.2 Å². The lowest BCUT2D eigenvalue weighted by atomic mass is 10.2. The van der Waals surface area contributed by atoms with Gasteiger partial charge in [-0.1, -0.05) is 11.6 Å². The molecule has 104 valence electrons. The minimum absolute atomic E-state index is 0.0663. The molecule has 0 aliphatic carbocycles. The second kappa shape index (κ2) is 5.36. The number of carboxylic acid groups (broad SMARTS) is 1. The number of carbonyl (C=O) groups is 1. The van der Waals surface area contributed by atoms with E-state index >= 15 is 0 Å². The van der Waals surface area contributed by atoms with Crippen molar-refractivity contribution in [2.24, 2.45) is 0 Å². The molecule has 2 N–H and O–H groups in total. The lowest BCUT2D eigenvalue weighted by molar-refractivity contribution is 0.0697. The van der Waals surface area contributed by atoms with Gasteiger partial charge in [-0.25, -0.2) is 4.79 Å². The first kappa shape index (κ1) is 14.1. The van der Waals surface area contributed by atoms with Crippen molar-refractivity contribution < 1.29 is 18.3 Å². The van der Waals surface area contributed by atoms with E-state index in [-0.39, 0.29) is 16.3 Å². The van der Waals surface area contributed by atoms with Gasteiger partial charge in [0.1, 0.15) is 0 Å². The molecule has 1 aromatic rings. The SMILES string of the molecule is O=C(O)c1cc(NS(=O)(=O)N2CCCC2)ccc1Cl. The average molecular weight is 305 g/mol. The molecule has 19 heavy (non-hydrogen) atoms. The number of aromatic carboxylic acids is 1. The van der Waals surface area contributed by atoms with Gasteiger partial charge in [0.15, 0.2) is 0 Å². The van der Waals surface area contributed by atoms with Crippen LogP contribution in [0.4, 0.5) is 5.69 Å². The van der Waals surface area contributed by atoms with Crippen molar-refractivity contribution in [3.05, 3.63) is 28.8 Å². The summed E-state index contributed by atoms with van der Waals surface area (Å²) in [5, 5.41) is 8.99. The molecule has 0 atom stereocenters. The Morgan fingerprint density at radius 2 is 1.95 bits per heavy atom. The number of benzene rings is 1. The van der Waals surface area contributed by atoms with Gasteiger partial charge < -0.3 is 5.11 Å². The van der Waals surface area contributed by atoms with E-state index in [1.807, 2.05) is 0 Å². The van der Waals surface area contributed by atoms with Gasteiger partial charge in [-0.2, -0.15) is 12.7 Å². The number of nitrogens with zero attached hydrogens (tertiary/aromatic N) is 1. The molecule has 2 rings (SSSR count). The molecular weight excluding hydrogens is 292 g/mol. The van der Waals surface area contributed by atoms with Crippen molar-refractivity contribution in [2.45, 2.75) is 12.8 Å². The molecule has 1 aromatic carbocycles. The van der Waals surface area contributed by atoms with Crippen LogP contribution in [-0.2, 0) is 10.2 Å². The first-order chi connectivity index (χ1) is 8.90. The smallest absolute Gasteiger partial charge is 0.337 e. The van der Waals surface area contributed by atoms with Gasteiger partial charge in [0, 0.05) is 13.1 Å². The van der Waals surface area contributed by atoms with Gasteiger partial charge in [-0.15, -0.1) is 0 Å². The van der Waals surface area contributed by atoms with Crippen molar-refractivity contribution in [1.82, 2.24) is 4.31 Å². The maximum absolute atomic E-state index is 12.0. The molecule has 0 saturated carbocycles. The number of nitrogens with one attached hydrogen (secondary N) is 1. The second-order valence-corrected chi connectivity index (χ2v) is 6.29. The van der Waals surface area contributed by atoms with Crippen LogP contribution in [0.2, 0.25) is 5.02 Å². The van der Waals surface area contributed by atoms with Crippen LogP contribution in [-0.4, -0.2) is 36.9 Å². The zero-order valence-electron chi connectivity index (χ0n) is 9.97. The number of anilines is 1. The topological polar surface area (TPSA) is 86.7 Å². The summed E-state index contributed by atoms with van der Waals surface area (Å²) in [6.45, 7) is 0.962. The fourth-order valence-electron chi connectivity index (χ4n) is 1.89. The van der Waals surface area contributed by atoms with Crippen LogP contribution in [0.25, 0.3) is 0 Å². The Bertz CT molecular complexity index is 597. The van der Waals surface area contributed by atoms with Gasteiger partial charge in [-0.3, -0.25) is 4.72 Å². The Balaban J connectivity index is 2.23. The highest BCUT2D eigenvalue weighted by Gasteiger charge is 2.25. The summed E-state index contributed by atoms with van der Waals surface area (Å²) in [5.74, 6) is -1.20. The van der Waals surface area contributed by atoms with Crippen LogP contribution in [0.5, 0.6) is 0 Å². The Kier molecular flexibility index (Phi) is 3.98. The van der Waals surface area contributed by atoms with Crippen LogP contribution in [0.15, 0.2) is 18.2 Å². The summed E-state index contributed by atoms with van der Waals surface area (Å²) in [6, 6.07) is 3.99. The van der Waals surface area contributed by atoms with E-state index in [1.165, 1.54) is 22.5 Å². The Morgan fingerprint density at radius 1 is 1.32 bits per heavy atom. The number of hydrogen-bond acceptors (Lipinski definition) is 3. The summed E-state index contributed by atoms with van der Waals surface area (Å²) < 4.78 is 27.7. The predicted octanol–water partition coefficient (Wildman–Crippen LogP) is 1.79. The van der Waals surface area contributed by atoms with Crippen LogP contribution in [0.1, 0.15) is 23.2 Å². The highest BCUT2D eigenvalue weighted by Crippen LogP contribution is 2.22. The Labute approximate surface area is 116 Å².